The Morgan fingerprint density at radius 3 is 2.59 bits per heavy atom. The molecule has 3 rings (SSSR count). The van der Waals surface area contributed by atoms with Gasteiger partial charge in [0.2, 0.25) is 5.91 Å². The number of aliphatic carboxylic acids is 1. The molecule has 1 amide bonds. The highest BCUT2D eigenvalue weighted by molar-refractivity contribution is 5.95. The second kappa shape index (κ2) is 7.70. The fourth-order valence-electron chi connectivity index (χ4n) is 2.66. The number of hydrogen-bond acceptors (Lipinski definition) is 4. The molecule has 6 heteroatoms. The van der Waals surface area contributed by atoms with Gasteiger partial charge in [-0.05, 0) is 30.7 Å². The summed E-state index contributed by atoms with van der Waals surface area (Å²) < 4.78 is 5.42. The first-order valence-corrected chi connectivity index (χ1v) is 8.24. The Hall–Kier alpha value is -3.67. The molecule has 0 fully saturated rings. The van der Waals surface area contributed by atoms with E-state index in [-0.39, 0.29) is 11.0 Å². The number of carboxylic acids is 1. The van der Waals surface area contributed by atoms with Crippen molar-refractivity contribution in [3.63, 3.8) is 0 Å². The molecule has 136 valence electrons. The summed E-state index contributed by atoms with van der Waals surface area (Å²) in [6.45, 7) is 1.87. The van der Waals surface area contributed by atoms with Crippen molar-refractivity contribution in [1.29, 1.82) is 0 Å². The van der Waals surface area contributed by atoms with E-state index in [9.17, 15) is 19.5 Å². The third-order valence-electron chi connectivity index (χ3n) is 4.04. The van der Waals surface area contributed by atoms with Gasteiger partial charge in [0.15, 0.2) is 11.5 Å². The number of benzene rings is 2. The first-order valence-electron chi connectivity index (χ1n) is 8.24. The molecular weight excluding hydrogens is 346 g/mol. The standard InChI is InChI=1S/C21H17NO5/c1-13-7-9-17-16(11-13)20(24)15(12-27-17)8-10-18(23)22-19(21(25)26)14-5-3-2-4-6-14/h2-12,19H,1H3,(H,22,23)(H,25,26)/b10-8+. The van der Waals surface area contributed by atoms with Gasteiger partial charge < -0.3 is 14.8 Å². The summed E-state index contributed by atoms with van der Waals surface area (Å²) in [4.78, 5) is 36.1. The molecule has 2 N–H and O–H groups in total. The van der Waals surface area contributed by atoms with E-state index in [0.29, 0.717) is 16.5 Å². The molecule has 6 nitrogen and oxygen atoms in total. The number of aryl methyl sites for hydroxylation is 1. The van der Waals surface area contributed by atoms with Crippen LogP contribution in [0.2, 0.25) is 0 Å². The summed E-state index contributed by atoms with van der Waals surface area (Å²) in [5.74, 6) is -1.81. The maximum Gasteiger partial charge on any atom is 0.330 e. The molecule has 2 aromatic carbocycles. The van der Waals surface area contributed by atoms with Crippen molar-refractivity contribution in [2.24, 2.45) is 0 Å². The molecule has 1 unspecified atom stereocenters. The second-order valence-electron chi connectivity index (χ2n) is 6.04. The Bertz CT molecular complexity index is 1080. The molecule has 0 bridgehead atoms. The van der Waals surface area contributed by atoms with Crippen LogP contribution in [0.25, 0.3) is 17.0 Å². The molecule has 0 saturated heterocycles. The summed E-state index contributed by atoms with van der Waals surface area (Å²) in [5, 5.41) is 12.2. The Labute approximate surface area is 154 Å². The number of carbonyl (C=O) groups excluding carboxylic acids is 1. The molecule has 0 aliphatic heterocycles. The van der Waals surface area contributed by atoms with E-state index >= 15 is 0 Å². The fourth-order valence-corrected chi connectivity index (χ4v) is 2.66. The molecule has 0 radical (unpaired) electrons. The predicted molar refractivity (Wildman–Crippen MR) is 101 cm³/mol. The van der Waals surface area contributed by atoms with Crippen LogP contribution in [0, 0.1) is 6.92 Å². The highest BCUT2D eigenvalue weighted by Crippen LogP contribution is 2.15. The van der Waals surface area contributed by atoms with E-state index in [0.717, 1.165) is 11.6 Å². The van der Waals surface area contributed by atoms with Crippen molar-refractivity contribution in [2.45, 2.75) is 13.0 Å². The number of carbonyl (C=O) groups is 2. The van der Waals surface area contributed by atoms with E-state index in [1.54, 1.807) is 42.5 Å². The lowest BCUT2D eigenvalue weighted by Gasteiger charge is -2.13. The van der Waals surface area contributed by atoms with Gasteiger partial charge in [0.05, 0.1) is 10.9 Å². The van der Waals surface area contributed by atoms with Crippen molar-refractivity contribution in [1.82, 2.24) is 5.32 Å². The zero-order chi connectivity index (χ0) is 19.4. The van der Waals surface area contributed by atoms with Crippen LogP contribution < -0.4 is 10.7 Å². The molecule has 0 aliphatic carbocycles. The van der Waals surface area contributed by atoms with Gasteiger partial charge in [-0.15, -0.1) is 0 Å². The number of fused-ring (bicyclic) bond motifs is 1. The fraction of sp³-hybridized carbons (Fsp3) is 0.0952. The van der Waals surface area contributed by atoms with Gasteiger partial charge in [0, 0.05) is 6.08 Å². The SMILES string of the molecule is Cc1ccc2occ(/C=C/C(=O)NC(C(=O)O)c3ccccc3)c(=O)c2c1. The normalized spacial score (nSPS) is 12.2. The monoisotopic (exact) mass is 363 g/mol. The van der Waals surface area contributed by atoms with Gasteiger partial charge >= 0.3 is 5.97 Å². The van der Waals surface area contributed by atoms with Crippen LogP contribution in [0.15, 0.2) is 70.1 Å². The van der Waals surface area contributed by atoms with Gasteiger partial charge in [-0.3, -0.25) is 9.59 Å². The molecule has 27 heavy (non-hydrogen) atoms. The Morgan fingerprint density at radius 2 is 1.89 bits per heavy atom. The summed E-state index contributed by atoms with van der Waals surface area (Å²) in [7, 11) is 0. The Morgan fingerprint density at radius 1 is 1.15 bits per heavy atom. The highest BCUT2D eigenvalue weighted by atomic mass is 16.4. The molecular formula is C21H17NO5. The van der Waals surface area contributed by atoms with Crippen LogP contribution in [-0.4, -0.2) is 17.0 Å². The van der Waals surface area contributed by atoms with E-state index < -0.39 is 17.9 Å². The molecule has 3 aromatic rings. The Kier molecular flexibility index (Phi) is 5.17. The van der Waals surface area contributed by atoms with E-state index in [4.69, 9.17) is 4.42 Å². The maximum absolute atomic E-state index is 12.5. The van der Waals surface area contributed by atoms with Crippen molar-refractivity contribution in [3.05, 3.63) is 87.8 Å². The largest absolute Gasteiger partial charge is 0.479 e. The van der Waals surface area contributed by atoms with Gasteiger partial charge in [0.25, 0.3) is 0 Å². The second-order valence-corrected chi connectivity index (χ2v) is 6.04. The molecule has 1 heterocycles. The minimum atomic E-state index is -1.18. The van der Waals surface area contributed by atoms with Crippen LogP contribution in [-0.2, 0) is 9.59 Å². The van der Waals surface area contributed by atoms with E-state index in [2.05, 4.69) is 5.32 Å². The average molecular weight is 363 g/mol. The van der Waals surface area contributed by atoms with Crippen molar-refractivity contribution in [3.8, 4) is 0 Å². The van der Waals surface area contributed by atoms with Crippen molar-refractivity contribution >= 4 is 28.9 Å². The first kappa shape index (κ1) is 18.1. The van der Waals surface area contributed by atoms with Crippen molar-refractivity contribution in [2.75, 3.05) is 0 Å². The summed E-state index contributed by atoms with van der Waals surface area (Å²) in [5.41, 5.74) is 1.77. The minimum absolute atomic E-state index is 0.204. The summed E-state index contributed by atoms with van der Waals surface area (Å²) in [6, 6.07) is 12.4. The lowest BCUT2D eigenvalue weighted by atomic mass is 10.1. The highest BCUT2D eigenvalue weighted by Gasteiger charge is 2.20. The average Bonchev–Trinajstić information content (AvgIpc) is 2.66. The van der Waals surface area contributed by atoms with Crippen LogP contribution in [0.3, 0.4) is 0 Å². The van der Waals surface area contributed by atoms with Gasteiger partial charge in [-0.25, -0.2) is 4.79 Å². The van der Waals surface area contributed by atoms with Gasteiger partial charge in [0.1, 0.15) is 11.8 Å². The first-order chi connectivity index (χ1) is 13.0. The molecule has 0 aliphatic rings. The number of hydrogen-bond donors (Lipinski definition) is 2. The third kappa shape index (κ3) is 4.12. The number of carboxylic acid groups (broad SMARTS) is 1. The quantitative estimate of drug-likeness (QED) is 0.679. The third-order valence-corrected chi connectivity index (χ3v) is 4.04. The molecule has 0 spiro atoms. The molecule has 1 aromatic heterocycles. The lowest BCUT2D eigenvalue weighted by Crippen LogP contribution is -2.32. The van der Waals surface area contributed by atoms with Crippen LogP contribution in [0.1, 0.15) is 22.7 Å². The number of rotatable bonds is 5. The van der Waals surface area contributed by atoms with Gasteiger partial charge in [-0.1, -0.05) is 42.0 Å². The zero-order valence-electron chi connectivity index (χ0n) is 14.5. The lowest BCUT2D eigenvalue weighted by molar-refractivity contribution is -0.141. The predicted octanol–water partition coefficient (Wildman–Crippen LogP) is 3.06. The van der Waals surface area contributed by atoms with Gasteiger partial charge in [-0.2, -0.15) is 0 Å². The summed E-state index contributed by atoms with van der Waals surface area (Å²) in [6.07, 6.45) is 3.70. The van der Waals surface area contributed by atoms with Crippen LogP contribution in [0.4, 0.5) is 0 Å². The van der Waals surface area contributed by atoms with Crippen LogP contribution >= 0.6 is 0 Å². The smallest absolute Gasteiger partial charge is 0.330 e. The molecule has 1 atom stereocenters. The maximum atomic E-state index is 12.5. The van der Waals surface area contributed by atoms with Crippen molar-refractivity contribution < 1.29 is 19.1 Å². The summed E-state index contributed by atoms with van der Waals surface area (Å²) >= 11 is 0. The van der Waals surface area contributed by atoms with Crippen LogP contribution in [0.5, 0.6) is 0 Å². The number of nitrogens with one attached hydrogen (secondary N) is 1. The Balaban J connectivity index is 1.82. The zero-order valence-corrected chi connectivity index (χ0v) is 14.5. The van der Waals surface area contributed by atoms with E-state index in [1.807, 2.05) is 13.0 Å². The van der Waals surface area contributed by atoms with E-state index in [1.165, 1.54) is 12.3 Å². The molecule has 0 saturated carbocycles. The number of amides is 1. The topological polar surface area (TPSA) is 96.6 Å². The minimum Gasteiger partial charge on any atom is -0.479 e.